The number of aromatic nitrogens is 3. The first-order valence-corrected chi connectivity index (χ1v) is 10.3. The van der Waals surface area contributed by atoms with E-state index in [2.05, 4.69) is 31.0 Å². The average Bonchev–Trinajstić information content (AvgIpc) is 3.42. The molecule has 0 bridgehead atoms. The van der Waals surface area contributed by atoms with E-state index < -0.39 is 0 Å². The van der Waals surface area contributed by atoms with Gasteiger partial charge in [-0.05, 0) is 25.1 Å². The van der Waals surface area contributed by atoms with Crippen molar-refractivity contribution in [1.82, 2.24) is 25.0 Å². The minimum Gasteiger partial charge on any atom is -0.493 e. The van der Waals surface area contributed by atoms with Crippen molar-refractivity contribution in [2.24, 2.45) is 0 Å². The molecule has 9 nitrogen and oxygen atoms in total. The van der Waals surface area contributed by atoms with Gasteiger partial charge in [0.1, 0.15) is 5.82 Å². The van der Waals surface area contributed by atoms with E-state index in [4.69, 9.17) is 13.9 Å². The number of ether oxygens (including phenoxy) is 2. The Bertz CT molecular complexity index is 1030. The summed E-state index contributed by atoms with van der Waals surface area (Å²) in [4.78, 5) is 14.7. The molecule has 0 aliphatic carbocycles. The number of nitrogens with zero attached hydrogens (tertiary/aromatic N) is 4. The first-order valence-electron chi connectivity index (χ1n) is 10.3. The molecule has 0 radical (unpaired) electrons. The number of carbonyl (C=O) groups is 1. The van der Waals surface area contributed by atoms with Gasteiger partial charge in [0, 0.05) is 38.2 Å². The Labute approximate surface area is 181 Å². The van der Waals surface area contributed by atoms with Crippen LogP contribution in [0.25, 0.3) is 0 Å². The van der Waals surface area contributed by atoms with Crippen LogP contribution in [0.2, 0.25) is 0 Å². The van der Waals surface area contributed by atoms with Crippen LogP contribution in [0.3, 0.4) is 0 Å². The Kier molecular flexibility index (Phi) is 6.22. The molecule has 1 aromatic carbocycles. The lowest BCUT2D eigenvalue weighted by atomic mass is 10.1. The highest BCUT2D eigenvalue weighted by Gasteiger charge is 2.24. The van der Waals surface area contributed by atoms with Crippen molar-refractivity contribution < 1.29 is 18.7 Å². The first kappa shape index (κ1) is 20.9. The molecule has 164 valence electrons. The fourth-order valence-corrected chi connectivity index (χ4v) is 3.93. The predicted molar refractivity (Wildman–Crippen MR) is 113 cm³/mol. The number of furan rings is 1. The number of fused-ring (bicyclic) bond motifs is 1. The summed E-state index contributed by atoms with van der Waals surface area (Å²) in [6.07, 6.45) is 2.26. The standard InChI is InChI=1S/C22H27N5O4/c1-15(23-22(28)18-8-5-13-31-18)21-25-24-19-9-10-26(11-12-27(19)21)14-16-6-4-7-17(29-2)20(16)30-3/h4-8,13,15H,9-12,14H2,1-3H3,(H,23,28)/t15-/m1/s1. The molecule has 31 heavy (non-hydrogen) atoms. The van der Waals surface area contributed by atoms with Crippen LogP contribution in [0.4, 0.5) is 0 Å². The summed E-state index contributed by atoms with van der Waals surface area (Å²) in [5.41, 5.74) is 1.08. The highest BCUT2D eigenvalue weighted by atomic mass is 16.5. The zero-order chi connectivity index (χ0) is 21.8. The molecule has 4 rings (SSSR count). The van der Waals surface area contributed by atoms with Crippen molar-refractivity contribution in [3.63, 3.8) is 0 Å². The van der Waals surface area contributed by atoms with Gasteiger partial charge in [0.25, 0.3) is 5.91 Å². The number of benzene rings is 1. The minimum atomic E-state index is -0.288. The van der Waals surface area contributed by atoms with Crippen molar-refractivity contribution in [3.05, 3.63) is 59.6 Å². The molecule has 1 aliphatic heterocycles. The molecule has 0 saturated carbocycles. The molecule has 3 aromatic rings. The third kappa shape index (κ3) is 4.41. The van der Waals surface area contributed by atoms with E-state index in [1.165, 1.54) is 6.26 Å². The van der Waals surface area contributed by atoms with E-state index >= 15 is 0 Å². The van der Waals surface area contributed by atoms with Gasteiger partial charge in [-0.15, -0.1) is 10.2 Å². The number of nitrogens with one attached hydrogen (secondary N) is 1. The van der Waals surface area contributed by atoms with E-state index in [-0.39, 0.29) is 17.7 Å². The van der Waals surface area contributed by atoms with Crippen LogP contribution < -0.4 is 14.8 Å². The van der Waals surface area contributed by atoms with Gasteiger partial charge in [0.05, 0.1) is 26.5 Å². The zero-order valence-electron chi connectivity index (χ0n) is 18.0. The van der Waals surface area contributed by atoms with Crippen LogP contribution in [0, 0.1) is 0 Å². The summed E-state index contributed by atoms with van der Waals surface area (Å²) in [5.74, 6) is 3.18. The van der Waals surface area contributed by atoms with E-state index in [0.717, 1.165) is 61.3 Å². The van der Waals surface area contributed by atoms with Gasteiger partial charge in [-0.1, -0.05) is 12.1 Å². The number of hydrogen-bond donors (Lipinski definition) is 1. The third-order valence-electron chi connectivity index (χ3n) is 5.51. The molecule has 3 heterocycles. The number of para-hydroxylation sites is 1. The van der Waals surface area contributed by atoms with Crippen LogP contribution in [-0.2, 0) is 19.5 Å². The molecule has 1 atom stereocenters. The summed E-state index contributed by atoms with van der Waals surface area (Å²) < 4.78 is 18.3. The summed E-state index contributed by atoms with van der Waals surface area (Å²) >= 11 is 0. The molecular formula is C22H27N5O4. The number of hydrogen-bond acceptors (Lipinski definition) is 7. The summed E-state index contributed by atoms with van der Waals surface area (Å²) in [6.45, 7) is 5.08. The minimum absolute atomic E-state index is 0.268. The normalized spacial score (nSPS) is 15.1. The van der Waals surface area contributed by atoms with Crippen molar-refractivity contribution in [2.45, 2.75) is 32.5 Å². The highest BCUT2D eigenvalue weighted by molar-refractivity contribution is 5.91. The number of methoxy groups -OCH3 is 2. The third-order valence-corrected chi connectivity index (χ3v) is 5.51. The Morgan fingerprint density at radius 2 is 2.03 bits per heavy atom. The second kappa shape index (κ2) is 9.22. The van der Waals surface area contributed by atoms with Crippen molar-refractivity contribution in [1.29, 1.82) is 0 Å². The van der Waals surface area contributed by atoms with Gasteiger partial charge < -0.3 is 23.8 Å². The molecule has 0 spiro atoms. The molecule has 0 unspecified atom stereocenters. The van der Waals surface area contributed by atoms with Crippen LogP contribution in [-0.4, -0.2) is 52.9 Å². The Morgan fingerprint density at radius 3 is 2.77 bits per heavy atom. The average molecular weight is 425 g/mol. The van der Waals surface area contributed by atoms with E-state index in [1.807, 2.05) is 19.1 Å². The lowest BCUT2D eigenvalue weighted by molar-refractivity contribution is 0.0909. The fourth-order valence-electron chi connectivity index (χ4n) is 3.93. The Balaban J connectivity index is 1.44. The lowest BCUT2D eigenvalue weighted by Crippen LogP contribution is -2.30. The molecule has 9 heteroatoms. The molecule has 1 N–H and O–H groups in total. The zero-order valence-corrected chi connectivity index (χ0v) is 18.0. The largest absolute Gasteiger partial charge is 0.493 e. The number of carbonyl (C=O) groups excluding carboxylic acids is 1. The second-order valence-electron chi connectivity index (χ2n) is 7.48. The summed E-state index contributed by atoms with van der Waals surface area (Å²) in [6, 6.07) is 8.97. The smallest absolute Gasteiger partial charge is 0.287 e. The lowest BCUT2D eigenvalue weighted by Gasteiger charge is -2.22. The Morgan fingerprint density at radius 1 is 1.16 bits per heavy atom. The van der Waals surface area contributed by atoms with Crippen molar-refractivity contribution >= 4 is 5.91 Å². The Hall–Kier alpha value is -3.33. The van der Waals surface area contributed by atoms with Gasteiger partial charge in [0.2, 0.25) is 0 Å². The molecule has 1 aliphatic rings. The van der Waals surface area contributed by atoms with Crippen LogP contribution in [0.15, 0.2) is 41.0 Å². The fraction of sp³-hybridized carbons (Fsp3) is 0.409. The number of rotatable bonds is 7. The van der Waals surface area contributed by atoms with E-state index in [0.29, 0.717) is 0 Å². The maximum Gasteiger partial charge on any atom is 0.287 e. The number of amides is 1. The molecule has 0 fully saturated rings. The van der Waals surface area contributed by atoms with Crippen LogP contribution >= 0.6 is 0 Å². The van der Waals surface area contributed by atoms with Gasteiger partial charge in [-0.3, -0.25) is 9.69 Å². The van der Waals surface area contributed by atoms with Gasteiger partial charge in [-0.25, -0.2) is 0 Å². The second-order valence-corrected chi connectivity index (χ2v) is 7.48. The maximum absolute atomic E-state index is 12.3. The monoisotopic (exact) mass is 425 g/mol. The van der Waals surface area contributed by atoms with E-state index in [1.54, 1.807) is 26.4 Å². The summed E-state index contributed by atoms with van der Waals surface area (Å²) in [5, 5.41) is 11.7. The molecule has 2 aromatic heterocycles. The van der Waals surface area contributed by atoms with Crippen LogP contribution in [0.1, 0.15) is 40.7 Å². The predicted octanol–water partition coefficient (Wildman–Crippen LogP) is 2.44. The van der Waals surface area contributed by atoms with Crippen molar-refractivity contribution in [3.8, 4) is 11.5 Å². The van der Waals surface area contributed by atoms with Gasteiger partial charge >= 0.3 is 0 Å². The quantitative estimate of drug-likeness (QED) is 0.621. The molecular weight excluding hydrogens is 398 g/mol. The maximum atomic E-state index is 12.3. The van der Waals surface area contributed by atoms with Crippen molar-refractivity contribution in [2.75, 3.05) is 27.3 Å². The SMILES string of the molecule is COc1cccc(CN2CCc3nnc([C@@H](C)NC(=O)c4ccco4)n3CC2)c1OC. The molecule has 0 saturated heterocycles. The first-order chi connectivity index (χ1) is 15.1. The van der Waals surface area contributed by atoms with Gasteiger partial charge in [-0.2, -0.15) is 0 Å². The van der Waals surface area contributed by atoms with Gasteiger partial charge in [0.15, 0.2) is 23.1 Å². The van der Waals surface area contributed by atoms with E-state index in [9.17, 15) is 4.79 Å². The summed E-state index contributed by atoms with van der Waals surface area (Å²) in [7, 11) is 3.31. The highest BCUT2D eigenvalue weighted by Crippen LogP contribution is 2.31. The molecule has 1 amide bonds. The van der Waals surface area contributed by atoms with Crippen LogP contribution in [0.5, 0.6) is 11.5 Å². The topological polar surface area (TPSA) is 94.6 Å².